The van der Waals surface area contributed by atoms with Crippen LogP contribution in [0.4, 0.5) is 0 Å². The summed E-state index contributed by atoms with van der Waals surface area (Å²) in [4.78, 5) is 0. The molecular weight excluding hydrogens is 98.1 g/mol. The molecule has 0 aliphatic heterocycles. The van der Waals surface area contributed by atoms with Crippen LogP contribution in [0.25, 0.3) is 0 Å². The maximum atomic E-state index is 8.26. The van der Waals surface area contributed by atoms with E-state index in [1.165, 1.54) is 0 Å². The smallest absolute Gasteiger partial charge is 0.0694 e. The molecule has 8 heavy (non-hydrogen) atoms. The van der Waals surface area contributed by atoms with Crippen molar-refractivity contribution < 1.29 is 0 Å². The number of hydrogen-bond donors (Lipinski definition) is 0. The summed E-state index contributed by atoms with van der Waals surface area (Å²) in [6, 6.07) is 2.11. The van der Waals surface area contributed by atoms with E-state index < -0.39 is 0 Å². The van der Waals surface area contributed by atoms with Gasteiger partial charge in [-0.25, -0.2) is 0 Å². The second-order valence-electron chi connectivity index (χ2n) is 1.75. The number of allylic oxidation sites excluding steroid dienone is 2. The molecule has 0 N–H and O–H groups in total. The number of nitrogens with zero attached hydrogens (tertiary/aromatic N) is 1. The summed E-state index contributed by atoms with van der Waals surface area (Å²) in [6.45, 7) is 3.94. The van der Waals surface area contributed by atoms with Crippen molar-refractivity contribution in [3.63, 3.8) is 0 Å². The summed E-state index contributed by atoms with van der Waals surface area (Å²) < 4.78 is 0. The van der Waals surface area contributed by atoms with Crippen LogP contribution in [0.5, 0.6) is 0 Å². The molecule has 0 bridgehead atoms. The Kier molecular flexibility index (Phi) is 3.97. The molecule has 44 valence electrons. The number of nitriles is 1. The molecule has 0 saturated heterocycles. The van der Waals surface area contributed by atoms with E-state index in [2.05, 4.69) is 13.0 Å². The van der Waals surface area contributed by atoms with Crippen LogP contribution >= 0.6 is 0 Å². The third kappa shape index (κ3) is 3.42. The van der Waals surface area contributed by atoms with E-state index in [1.807, 2.05) is 19.1 Å². The molecule has 1 unspecified atom stereocenters. The van der Waals surface area contributed by atoms with Crippen LogP contribution in [0.15, 0.2) is 12.2 Å². The van der Waals surface area contributed by atoms with Crippen LogP contribution in [0, 0.1) is 17.2 Å². The van der Waals surface area contributed by atoms with Crippen LogP contribution in [0.2, 0.25) is 0 Å². The van der Waals surface area contributed by atoms with Gasteiger partial charge in [-0.05, 0) is 13.3 Å². The van der Waals surface area contributed by atoms with Gasteiger partial charge in [0.15, 0.2) is 0 Å². The Bertz CT molecular complexity index is 108. The lowest BCUT2D eigenvalue weighted by molar-refractivity contribution is 0.946. The van der Waals surface area contributed by atoms with E-state index in [9.17, 15) is 0 Å². The maximum Gasteiger partial charge on any atom is 0.0694 e. The van der Waals surface area contributed by atoms with Gasteiger partial charge >= 0.3 is 0 Å². The van der Waals surface area contributed by atoms with Gasteiger partial charge in [0.25, 0.3) is 0 Å². The van der Waals surface area contributed by atoms with Crippen LogP contribution in [-0.4, -0.2) is 0 Å². The SMILES string of the molecule is CC/C=C\C(C)C#N. The van der Waals surface area contributed by atoms with Crippen LogP contribution in [0.3, 0.4) is 0 Å². The van der Waals surface area contributed by atoms with E-state index >= 15 is 0 Å². The summed E-state index contributed by atoms with van der Waals surface area (Å²) in [5.41, 5.74) is 0. The Labute approximate surface area is 50.6 Å². The van der Waals surface area contributed by atoms with Gasteiger partial charge in [-0.2, -0.15) is 5.26 Å². The Balaban J connectivity index is 3.40. The van der Waals surface area contributed by atoms with Crippen LogP contribution in [0.1, 0.15) is 20.3 Å². The van der Waals surface area contributed by atoms with E-state index in [0.717, 1.165) is 6.42 Å². The molecule has 0 aliphatic rings. The summed E-state index contributed by atoms with van der Waals surface area (Å²) in [5.74, 6) is 0.0787. The van der Waals surface area contributed by atoms with Crippen molar-refractivity contribution >= 4 is 0 Å². The highest BCUT2D eigenvalue weighted by atomic mass is 14.2. The lowest BCUT2D eigenvalue weighted by Crippen LogP contribution is -1.79. The van der Waals surface area contributed by atoms with Crippen molar-refractivity contribution in [1.29, 1.82) is 5.26 Å². The zero-order valence-corrected chi connectivity index (χ0v) is 5.39. The van der Waals surface area contributed by atoms with Gasteiger partial charge in [0, 0.05) is 0 Å². The van der Waals surface area contributed by atoms with Gasteiger partial charge in [-0.15, -0.1) is 0 Å². The second kappa shape index (κ2) is 4.39. The standard InChI is InChI=1S/C7H11N/c1-3-4-5-7(2)6-8/h4-5,7H,3H2,1-2H3/b5-4-. The fourth-order valence-corrected chi connectivity index (χ4v) is 0.383. The first kappa shape index (κ1) is 7.23. The molecule has 0 aliphatic carbocycles. The number of rotatable bonds is 2. The minimum atomic E-state index is 0.0787. The van der Waals surface area contributed by atoms with E-state index in [-0.39, 0.29) is 5.92 Å². The van der Waals surface area contributed by atoms with Crippen molar-refractivity contribution in [3.05, 3.63) is 12.2 Å². The molecule has 1 atom stereocenters. The minimum absolute atomic E-state index is 0.0787. The second-order valence-corrected chi connectivity index (χ2v) is 1.75. The van der Waals surface area contributed by atoms with E-state index in [0.29, 0.717) is 0 Å². The summed E-state index contributed by atoms with van der Waals surface area (Å²) in [7, 11) is 0. The van der Waals surface area contributed by atoms with Gasteiger partial charge in [-0.3, -0.25) is 0 Å². The van der Waals surface area contributed by atoms with Gasteiger partial charge in [0.2, 0.25) is 0 Å². The zero-order valence-electron chi connectivity index (χ0n) is 5.39. The monoisotopic (exact) mass is 109 g/mol. The summed E-state index contributed by atoms with van der Waals surface area (Å²) in [6.07, 6.45) is 4.94. The Morgan fingerprint density at radius 3 is 2.75 bits per heavy atom. The highest BCUT2D eigenvalue weighted by Crippen LogP contribution is 1.93. The lowest BCUT2D eigenvalue weighted by Gasteiger charge is -1.86. The molecule has 0 aromatic heterocycles. The third-order valence-electron chi connectivity index (χ3n) is 0.864. The predicted molar refractivity (Wildman–Crippen MR) is 34.2 cm³/mol. The van der Waals surface area contributed by atoms with Crippen molar-refractivity contribution in [2.75, 3.05) is 0 Å². The van der Waals surface area contributed by atoms with Crippen LogP contribution < -0.4 is 0 Å². The first-order valence-electron chi connectivity index (χ1n) is 2.87. The molecule has 0 radical (unpaired) electrons. The Morgan fingerprint density at radius 2 is 2.38 bits per heavy atom. The minimum Gasteiger partial charge on any atom is -0.198 e. The summed E-state index contributed by atoms with van der Waals surface area (Å²) >= 11 is 0. The highest BCUT2D eigenvalue weighted by Gasteiger charge is 1.86. The topological polar surface area (TPSA) is 23.8 Å². The average Bonchev–Trinajstić information content (AvgIpc) is 1.83. The lowest BCUT2D eigenvalue weighted by atomic mass is 10.2. The van der Waals surface area contributed by atoms with Crippen LogP contribution in [-0.2, 0) is 0 Å². The third-order valence-corrected chi connectivity index (χ3v) is 0.864. The van der Waals surface area contributed by atoms with Gasteiger partial charge < -0.3 is 0 Å². The Hall–Kier alpha value is -0.770. The van der Waals surface area contributed by atoms with Crippen molar-refractivity contribution in [2.24, 2.45) is 5.92 Å². The molecule has 0 saturated carbocycles. The van der Waals surface area contributed by atoms with Gasteiger partial charge in [0.05, 0.1) is 12.0 Å². The molecule has 0 aromatic rings. The molecule has 0 amide bonds. The fraction of sp³-hybridized carbons (Fsp3) is 0.571. The maximum absolute atomic E-state index is 8.26. The molecule has 1 heteroatoms. The van der Waals surface area contributed by atoms with E-state index in [1.54, 1.807) is 0 Å². The van der Waals surface area contributed by atoms with Crippen molar-refractivity contribution in [2.45, 2.75) is 20.3 Å². The average molecular weight is 109 g/mol. The molecule has 0 spiro atoms. The highest BCUT2D eigenvalue weighted by molar-refractivity contribution is 4.96. The quantitative estimate of drug-likeness (QED) is 0.498. The Morgan fingerprint density at radius 1 is 1.75 bits per heavy atom. The normalized spacial score (nSPS) is 13.6. The molecule has 0 heterocycles. The first-order chi connectivity index (χ1) is 3.81. The van der Waals surface area contributed by atoms with Gasteiger partial charge in [-0.1, -0.05) is 19.1 Å². The molecular formula is C7H11N. The first-order valence-corrected chi connectivity index (χ1v) is 2.87. The predicted octanol–water partition coefficient (Wildman–Crippen LogP) is 2.11. The molecule has 0 fully saturated rings. The van der Waals surface area contributed by atoms with Crippen molar-refractivity contribution in [1.82, 2.24) is 0 Å². The fourth-order valence-electron chi connectivity index (χ4n) is 0.383. The van der Waals surface area contributed by atoms with Crippen molar-refractivity contribution in [3.8, 4) is 6.07 Å². The number of hydrogen-bond acceptors (Lipinski definition) is 1. The molecule has 0 aromatic carbocycles. The largest absolute Gasteiger partial charge is 0.198 e. The molecule has 0 rings (SSSR count). The van der Waals surface area contributed by atoms with Gasteiger partial charge in [0.1, 0.15) is 0 Å². The summed E-state index contributed by atoms with van der Waals surface area (Å²) in [5, 5.41) is 8.26. The van der Waals surface area contributed by atoms with E-state index in [4.69, 9.17) is 5.26 Å². The zero-order chi connectivity index (χ0) is 6.41. The molecule has 1 nitrogen and oxygen atoms in total.